The molecule has 1 aromatic carbocycles. The number of aliphatic imine (C=N–C) groups is 1. The van der Waals surface area contributed by atoms with E-state index in [9.17, 15) is 4.39 Å². The van der Waals surface area contributed by atoms with Crippen molar-refractivity contribution in [2.24, 2.45) is 10.7 Å². The minimum atomic E-state index is -0.402. The highest BCUT2D eigenvalue weighted by Gasteiger charge is 2.05. The molecule has 0 aliphatic rings. The lowest BCUT2D eigenvalue weighted by Gasteiger charge is -2.13. The Morgan fingerprint density at radius 2 is 2.37 bits per heavy atom. The maximum absolute atomic E-state index is 13.5. The van der Waals surface area contributed by atoms with Crippen LogP contribution in [0.5, 0.6) is 0 Å². The summed E-state index contributed by atoms with van der Waals surface area (Å²) in [5.74, 6) is -0.188. The molecule has 6 heteroatoms. The predicted molar refractivity (Wildman–Crippen MR) is 70.9 cm³/mol. The van der Waals surface area contributed by atoms with Gasteiger partial charge >= 0.3 is 0 Å². The van der Waals surface area contributed by atoms with E-state index >= 15 is 0 Å². The van der Waals surface area contributed by atoms with Gasteiger partial charge in [-0.25, -0.2) is 9.38 Å². The van der Waals surface area contributed by atoms with Crippen LogP contribution in [0.25, 0.3) is 0 Å². The second kappa shape index (κ2) is 7.34. The fourth-order valence-electron chi connectivity index (χ4n) is 1.53. The molecule has 0 saturated heterocycles. The first-order valence-electron chi connectivity index (χ1n) is 5.80. The Morgan fingerprint density at radius 3 is 3.00 bits per heavy atom. The van der Waals surface area contributed by atoms with Crippen molar-refractivity contribution in [3.05, 3.63) is 35.1 Å². The van der Waals surface area contributed by atoms with E-state index < -0.39 is 5.82 Å². The minimum Gasteiger partial charge on any atom is -0.383 e. The van der Waals surface area contributed by atoms with E-state index in [2.05, 4.69) is 10.3 Å². The molecule has 0 amide bonds. The van der Waals surface area contributed by atoms with Crippen LogP contribution in [-0.2, 0) is 11.3 Å². The van der Waals surface area contributed by atoms with Gasteiger partial charge in [-0.15, -0.1) is 0 Å². The molecule has 0 fully saturated rings. The Morgan fingerprint density at radius 1 is 1.63 bits per heavy atom. The average molecular weight is 264 g/mol. The van der Waals surface area contributed by atoms with Crippen LogP contribution in [0.1, 0.15) is 18.1 Å². The largest absolute Gasteiger partial charge is 0.383 e. The zero-order valence-electron chi connectivity index (χ0n) is 11.0. The third-order valence-electron chi connectivity index (χ3n) is 2.41. The van der Waals surface area contributed by atoms with Crippen LogP contribution in [-0.4, -0.2) is 25.7 Å². The molecule has 0 aliphatic carbocycles. The van der Waals surface area contributed by atoms with Gasteiger partial charge in [0.1, 0.15) is 5.82 Å². The smallest absolute Gasteiger partial charge is 0.189 e. The highest BCUT2D eigenvalue weighted by molar-refractivity contribution is 5.78. The van der Waals surface area contributed by atoms with Gasteiger partial charge in [-0.05, 0) is 25.1 Å². The summed E-state index contributed by atoms with van der Waals surface area (Å²) < 4.78 is 18.4. The Hall–Kier alpha value is -2.13. The van der Waals surface area contributed by atoms with E-state index in [0.717, 1.165) is 0 Å². The van der Waals surface area contributed by atoms with Crippen LogP contribution >= 0.6 is 0 Å². The fourth-order valence-corrected chi connectivity index (χ4v) is 1.53. The molecule has 1 atom stereocenters. The summed E-state index contributed by atoms with van der Waals surface area (Å²) in [5, 5.41) is 11.7. The lowest BCUT2D eigenvalue weighted by Crippen LogP contribution is -2.40. The number of halogens is 1. The van der Waals surface area contributed by atoms with Gasteiger partial charge in [0.15, 0.2) is 5.96 Å². The summed E-state index contributed by atoms with van der Waals surface area (Å²) >= 11 is 0. The Labute approximate surface area is 111 Å². The van der Waals surface area contributed by atoms with Crippen LogP contribution < -0.4 is 11.1 Å². The SMILES string of the molecule is COCC(C)NC(N)=NCc1cc(C#N)ccc1F. The van der Waals surface area contributed by atoms with Gasteiger partial charge in [0.25, 0.3) is 0 Å². The van der Waals surface area contributed by atoms with Gasteiger partial charge < -0.3 is 15.8 Å². The van der Waals surface area contributed by atoms with Crippen LogP contribution in [0.2, 0.25) is 0 Å². The molecule has 0 heterocycles. The van der Waals surface area contributed by atoms with Crippen molar-refractivity contribution in [3.63, 3.8) is 0 Å². The molecule has 19 heavy (non-hydrogen) atoms. The molecule has 0 aliphatic heterocycles. The molecule has 0 bridgehead atoms. The van der Waals surface area contributed by atoms with Crippen LogP contribution in [0.3, 0.4) is 0 Å². The molecule has 1 aromatic rings. The van der Waals surface area contributed by atoms with Gasteiger partial charge in [0, 0.05) is 18.7 Å². The van der Waals surface area contributed by atoms with Crippen molar-refractivity contribution < 1.29 is 9.13 Å². The lowest BCUT2D eigenvalue weighted by molar-refractivity contribution is 0.179. The van der Waals surface area contributed by atoms with E-state index in [1.807, 2.05) is 13.0 Å². The summed E-state index contributed by atoms with van der Waals surface area (Å²) in [5.41, 5.74) is 6.40. The molecule has 0 aromatic heterocycles. The van der Waals surface area contributed by atoms with Gasteiger partial charge in [0.05, 0.1) is 24.8 Å². The molecule has 3 N–H and O–H groups in total. The molecule has 0 spiro atoms. The summed E-state index contributed by atoms with van der Waals surface area (Å²) in [6.45, 7) is 2.47. The number of nitrogens with two attached hydrogens (primary N) is 1. The van der Waals surface area contributed by atoms with E-state index in [4.69, 9.17) is 15.7 Å². The minimum absolute atomic E-state index is 0.0176. The first-order valence-corrected chi connectivity index (χ1v) is 5.80. The average Bonchev–Trinajstić information content (AvgIpc) is 2.38. The van der Waals surface area contributed by atoms with Crippen molar-refractivity contribution in [1.29, 1.82) is 5.26 Å². The maximum Gasteiger partial charge on any atom is 0.189 e. The van der Waals surface area contributed by atoms with Gasteiger partial charge in [-0.2, -0.15) is 5.26 Å². The molecule has 5 nitrogen and oxygen atoms in total. The molecule has 1 rings (SSSR count). The number of hydrogen-bond acceptors (Lipinski definition) is 3. The fraction of sp³-hybridized carbons (Fsp3) is 0.385. The monoisotopic (exact) mass is 264 g/mol. The quantitative estimate of drug-likeness (QED) is 0.617. The number of rotatable bonds is 5. The highest BCUT2D eigenvalue weighted by atomic mass is 19.1. The third kappa shape index (κ3) is 4.94. The van der Waals surface area contributed by atoms with Crippen LogP contribution in [0, 0.1) is 17.1 Å². The zero-order valence-corrected chi connectivity index (χ0v) is 11.0. The van der Waals surface area contributed by atoms with Crippen molar-refractivity contribution >= 4 is 5.96 Å². The molecule has 1 unspecified atom stereocenters. The molecular formula is C13H17FN4O. The Balaban J connectivity index is 2.67. The second-order valence-corrected chi connectivity index (χ2v) is 4.12. The second-order valence-electron chi connectivity index (χ2n) is 4.12. The first-order chi connectivity index (χ1) is 9.06. The van der Waals surface area contributed by atoms with E-state index in [1.54, 1.807) is 7.11 Å². The number of nitriles is 1. The summed E-state index contributed by atoms with van der Waals surface area (Å²) in [6, 6.07) is 6.11. The summed E-state index contributed by atoms with van der Waals surface area (Å²) in [4.78, 5) is 4.03. The highest BCUT2D eigenvalue weighted by Crippen LogP contribution is 2.11. The van der Waals surface area contributed by atoms with Crippen molar-refractivity contribution in [2.45, 2.75) is 19.5 Å². The van der Waals surface area contributed by atoms with Crippen molar-refractivity contribution in [1.82, 2.24) is 5.32 Å². The van der Waals surface area contributed by atoms with Crippen molar-refractivity contribution in [3.8, 4) is 6.07 Å². The molecule has 0 saturated carbocycles. The molecular weight excluding hydrogens is 247 g/mol. The lowest BCUT2D eigenvalue weighted by atomic mass is 10.1. The first kappa shape index (κ1) is 14.9. The van der Waals surface area contributed by atoms with Gasteiger partial charge in [0.2, 0.25) is 0 Å². The normalized spacial score (nSPS) is 12.8. The Kier molecular flexibility index (Phi) is 5.76. The Bertz CT molecular complexity index is 496. The van der Waals surface area contributed by atoms with Crippen molar-refractivity contribution in [2.75, 3.05) is 13.7 Å². The summed E-state index contributed by atoms with van der Waals surface area (Å²) in [6.07, 6.45) is 0. The maximum atomic E-state index is 13.5. The van der Waals surface area contributed by atoms with Crippen LogP contribution in [0.15, 0.2) is 23.2 Å². The number of methoxy groups -OCH3 is 1. The molecule has 0 radical (unpaired) electrons. The van der Waals surface area contributed by atoms with Gasteiger partial charge in [-0.1, -0.05) is 0 Å². The van der Waals surface area contributed by atoms with E-state index in [0.29, 0.717) is 17.7 Å². The van der Waals surface area contributed by atoms with E-state index in [-0.39, 0.29) is 18.5 Å². The number of hydrogen-bond donors (Lipinski definition) is 2. The number of benzene rings is 1. The molecule has 102 valence electrons. The topological polar surface area (TPSA) is 83.4 Å². The zero-order chi connectivity index (χ0) is 14.3. The number of nitrogens with zero attached hydrogens (tertiary/aromatic N) is 2. The standard InChI is InChI=1S/C13H17FN4O/c1-9(8-19-2)18-13(16)17-7-11-5-10(6-15)3-4-12(11)14/h3-5,9H,7-8H2,1-2H3,(H3,16,17,18). The third-order valence-corrected chi connectivity index (χ3v) is 2.41. The van der Waals surface area contributed by atoms with E-state index in [1.165, 1.54) is 18.2 Å². The van der Waals surface area contributed by atoms with Gasteiger partial charge in [-0.3, -0.25) is 0 Å². The predicted octanol–water partition coefficient (Wildman–Crippen LogP) is 1.14. The van der Waals surface area contributed by atoms with Crippen LogP contribution in [0.4, 0.5) is 4.39 Å². The number of nitrogens with one attached hydrogen (secondary N) is 1. The number of guanidine groups is 1. The summed E-state index contributed by atoms with van der Waals surface area (Å²) in [7, 11) is 1.59. The number of ether oxygens (including phenoxy) is 1.